The van der Waals surface area contributed by atoms with E-state index in [4.69, 9.17) is 4.74 Å². The summed E-state index contributed by atoms with van der Waals surface area (Å²) in [7, 11) is 1.60. The first-order chi connectivity index (χ1) is 9.17. The van der Waals surface area contributed by atoms with Crippen LogP contribution in [0.5, 0.6) is 5.75 Å². The summed E-state index contributed by atoms with van der Waals surface area (Å²) < 4.78 is 5.23. The Morgan fingerprint density at radius 2 is 2.26 bits per heavy atom. The van der Waals surface area contributed by atoms with Crippen molar-refractivity contribution in [1.29, 1.82) is 0 Å². The molecule has 0 saturated carbocycles. The SMILES string of the molecule is CCC1CCCCN1c1cc(OC)ccc1C(=O)O. The Labute approximate surface area is 114 Å². The van der Waals surface area contributed by atoms with E-state index in [9.17, 15) is 9.90 Å². The van der Waals surface area contributed by atoms with Crippen LogP contribution in [0.15, 0.2) is 18.2 Å². The van der Waals surface area contributed by atoms with Gasteiger partial charge < -0.3 is 14.7 Å². The number of anilines is 1. The standard InChI is InChI=1S/C15H21NO3/c1-3-11-6-4-5-9-16(11)14-10-12(19-2)7-8-13(14)15(17)18/h7-8,10-11H,3-6,9H2,1-2H3,(H,17,18). The third-order valence-corrected chi connectivity index (χ3v) is 3.84. The van der Waals surface area contributed by atoms with E-state index in [0.717, 1.165) is 31.5 Å². The average Bonchev–Trinajstić information content (AvgIpc) is 2.46. The maximum atomic E-state index is 11.4. The first-order valence-electron chi connectivity index (χ1n) is 6.85. The summed E-state index contributed by atoms with van der Waals surface area (Å²) in [6.07, 6.45) is 4.51. The molecule has 4 nitrogen and oxygen atoms in total. The summed E-state index contributed by atoms with van der Waals surface area (Å²) in [5.41, 5.74) is 1.15. The number of methoxy groups -OCH3 is 1. The van der Waals surface area contributed by atoms with Crippen LogP contribution in [0, 0.1) is 0 Å². The van der Waals surface area contributed by atoms with Crippen molar-refractivity contribution in [2.45, 2.75) is 38.6 Å². The third-order valence-electron chi connectivity index (χ3n) is 3.84. The van der Waals surface area contributed by atoms with Crippen LogP contribution in [0.2, 0.25) is 0 Å². The van der Waals surface area contributed by atoms with Gasteiger partial charge in [0, 0.05) is 18.7 Å². The lowest BCUT2D eigenvalue weighted by atomic mass is 9.98. The topological polar surface area (TPSA) is 49.8 Å². The molecule has 1 aliphatic rings. The van der Waals surface area contributed by atoms with Crippen LogP contribution < -0.4 is 9.64 Å². The first kappa shape index (κ1) is 13.7. The number of carboxylic acid groups (broad SMARTS) is 1. The Balaban J connectivity index is 2.42. The van der Waals surface area contributed by atoms with Crippen LogP contribution in [0.3, 0.4) is 0 Å². The zero-order valence-corrected chi connectivity index (χ0v) is 11.6. The lowest BCUT2D eigenvalue weighted by molar-refractivity contribution is 0.0697. The molecular weight excluding hydrogens is 242 g/mol. The first-order valence-corrected chi connectivity index (χ1v) is 6.85. The predicted octanol–water partition coefficient (Wildman–Crippen LogP) is 3.16. The van der Waals surface area contributed by atoms with Crippen molar-refractivity contribution in [2.24, 2.45) is 0 Å². The second-order valence-corrected chi connectivity index (χ2v) is 4.94. The molecule has 1 heterocycles. The fraction of sp³-hybridized carbons (Fsp3) is 0.533. The number of hydrogen-bond acceptors (Lipinski definition) is 3. The Morgan fingerprint density at radius 1 is 1.47 bits per heavy atom. The second kappa shape index (κ2) is 5.95. The van der Waals surface area contributed by atoms with Crippen LogP contribution in [-0.4, -0.2) is 30.8 Å². The van der Waals surface area contributed by atoms with E-state index in [1.54, 1.807) is 19.2 Å². The summed E-state index contributed by atoms with van der Waals surface area (Å²) in [6.45, 7) is 3.08. The van der Waals surface area contributed by atoms with Crippen LogP contribution >= 0.6 is 0 Å². The monoisotopic (exact) mass is 263 g/mol. The zero-order valence-electron chi connectivity index (χ0n) is 11.6. The lowest BCUT2D eigenvalue weighted by Gasteiger charge is -2.38. The largest absolute Gasteiger partial charge is 0.497 e. The molecule has 1 N–H and O–H groups in total. The van der Waals surface area contributed by atoms with E-state index in [1.165, 1.54) is 6.42 Å². The Bertz CT molecular complexity index is 459. The molecule has 0 aliphatic carbocycles. The highest BCUT2D eigenvalue weighted by molar-refractivity contribution is 5.95. The maximum absolute atomic E-state index is 11.4. The molecule has 0 spiro atoms. The van der Waals surface area contributed by atoms with E-state index in [0.29, 0.717) is 17.4 Å². The Kier molecular flexibility index (Phi) is 4.30. The number of benzene rings is 1. The molecule has 1 aliphatic heterocycles. The van der Waals surface area contributed by atoms with Gasteiger partial charge in [-0.15, -0.1) is 0 Å². The minimum Gasteiger partial charge on any atom is -0.497 e. The molecule has 1 fully saturated rings. The molecule has 1 aromatic carbocycles. The summed E-state index contributed by atoms with van der Waals surface area (Å²) in [4.78, 5) is 13.6. The minimum absolute atomic E-state index is 0.362. The highest BCUT2D eigenvalue weighted by Gasteiger charge is 2.25. The van der Waals surface area contributed by atoms with Gasteiger partial charge in [0.05, 0.1) is 18.4 Å². The smallest absolute Gasteiger partial charge is 0.337 e. The molecular formula is C15H21NO3. The Hall–Kier alpha value is -1.71. The predicted molar refractivity (Wildman–Crippen MR) is 75.2 cm³/mol. The fourth-order valence-corrected chi connectivity index (χ4v) is 2.80. The number of hydrogen-bond donors (Lipinski definition) is 1. The molecule has 2 rings (SSSR count). The molecule has 1 saturated heterocycles. The zero-order chi connectivity index (χ0) is 13.8. The third kappa shape index (κ3) is 2.83. The van der Waals surface area contributed by atoms with Gasteiger partial charge in [-0.1, -0.05) is 6.92 Å². The lowest BCUT2D eigenvalue weighted by Crippen LogP contribution is -2.40. The van der Waals surface area contributed by atoms with Crippen LogP contribution in [-0.2, 0) is 0 Å². The number of ether oxygens (including phenoxy) is 1. The number of rotatable bonds is 4. The van der Waals surface area contributed by atoms with Gasteiger partial charge in [0.25, 0.3) is 0 Å². The number of nitrogens with zero attached hydrogens (tertiary/aromatic N) is 1. The van der Waals surface area contributed by atoms with Gasteiger partial charge in [-0.05, 0) is 37.8 Å². The van der Waals surface area contributed by atoms with Gasteiger partial charge in [-0.2, -0.15) is 0 Å². The normalized spacial score (nSPS) is 19.3. The van der Waals surface area contributed by atoms with Crippen LogP contribution in [0.1, 0.15) is 43.0 Å². The van der Waals surface area contributed by atoms with E-state index < -0.39 is 5.97 Å². The van der Waals surface area contributed by atoms with Crippen molar-refractivity contribution in [2.75, 3.05) is 18.6 Å². The molecule has 1 atom stereocenters. The van der Waals surface area contributed by atoms with E-state index in [2.05, 4.69) is 11.8 Å². The molecule has 4 heteroatoms. The second-order valence-electron chi connectivity index (χ2n) is 4.94. The molecule has 1 unspecified atom stereocenters. The summed E-state index contributed by atoms with van der Waals surface area (Å²) >= 11 is 0. The minimum atomic E-state index is -0.877. The van der Waals surface area contributed by atoms with Crippen molar-refractivity contribution in [3.05, 3.63) is 23.8 Å². The molecule has 104 valence electrons. The number of piperidine rings is 1. The average molecular weight is 263 g/mol. The van der Waals surface area contributed by atoms with E-state index in [1.807, 2.05) is 6.07 Å². The van der Waals surface area contributed by atoms with Gasteiger partial charge in [0.1, 0.15) is 5.75 Å². The summed E-state index contributed by atoms with van der Waals surface area (Å²) in [5, 5.41) is 9.35. The van der Waals surface area contributed by atoms with E-state index >= 15 is 0 Å². The summed E-state index contributed by atoms with van der Waals surface area (Å²) in [6, 6.07) is 5.62. The van der Waals surface area contributed by atoms with Crippen LogP contribution in [0.25, 0.3) is 0 Å². The van der Waals surface area contributed by atoms with Crippen molar-refractivity contribution >= 4 is 11.7 Å². The fourth-order valence-electron chi connectivity index (χ4n) is 2.80. The maximum Gasteiger partial charge on any atom is 0.337 e. The van der Waals surface area contributed by atoms with Crippen molar-refractivity contribution in [3.8, 4) is 5.75 Å². The highest BCUT2D eigenvalue weighted by atomic mass is 16.5. The van der Waals surface area contributed by atoms with Gasteiger partial charge in [0.15, 0.2) is 0 Å². The molecule has 1 aromatic rings. The van der Waals surface area contributed by atoms with E-state index in [-0.39, 0.29) is 0 Å². The van der Waals surface area contributed by atoms with Gasteiger partial charge >= 0.3 is 5.97 Å². The van der Waals surface area contributed by atoms with Crippen LogP contribution in [0.4, 0.5) is 5.69 Å². The quantitative estimate of drug-likeness (QED) is 0.906. The molecule has 0 bridgehead atoms. The summed E-state index contributed by atoms with van der Waals surface area (Å²) in [5.74, 6) is -0.168. The number of carbonyl (C=O) groups is 1. The van der Waals surface area contributed by atoms with Crippen molar-refractivity contribution in [1.82, 2.24) is 0 Å². The van der Waals surface area contributed by atoms with Crippen molar-refractivity contribution < 1.29 is 14.6 Å². The Morgan fingerprint density at radius 3 is 2.89 bits per heavy atom. The number of carboxylic acids is 1. The number of aromatic carboxylic acids is 1. The molecule has 19 heavy (non-hydrogen) atoms. The van der Waals surface area contributed by atoms with Gasteiger partial charge in [-0.25, -0.2) is 4.79 Å². The van der Waals surface area contributed by atoms with Gasteiger partial charge in [0.2, 0.25) is 0 Å². The molecule has 0 amide bonds. The molecule has 0 radical (unpaired) electrons. The molecule has 0 aromatic heterocycles. The highest BCUT2D eigenvalue weighted by Crippen LogP contribution is 2.32. The van der Waals surface area contributed by atoms with Gasteiger partial charge in [-0.3, -0.25) is 0 Å². The van der Waals surface area contributed by atoms with Crippen molar-refractivity contribution in [3.63, 3.8) is 0 Å².